The van der Waals surface area contributed by atoms with Crippen molar-refractivity contribution in [2.45, 2.75) is 51.5 Å². The molecule has 1 fully saturated rings. The standard InChI is InChI=1S/C16H21N3O2S/c1-9(2)19(3)14-13(10-6-4-5-7-10)17-11-8-12(16(20)21)22-15(11)18-14/h8-10H,4-7H2,1-3H3,(H,20,21). The predicted molar refractivity (Wildman–Crippen MR) is 89.1 cm³/mol. The van der Waals surface area contributed by atoms with Crippen molar-refractivity contribution in [2.75, 3.05) is 11.9 Å². The van der Waals surface area contributed by atoms with Gasteiger partial charge in [-0.3, -0.25) is 0 Å². The highest BCUT2D eigenvalue weighted by molar-refractivity contribution is 7.20. The van der Waals surface area contributed by atoms with Crippen LogP contribution in [0.5, 0.6) is 0 Å². The van der Waals surface area contributed by atoms with E-state index >= 15 is 0 Å². The van der Waals surface area contributed by atoms with Gasteiger partial charge in [-0.05, 0) is 32.8 Å². The van der Waals surface area contributed by atoms with Gasteiger partial charge in [0.2, 0.25) is 0 Å². The average Bonchev–Trinajstić information content (AvgIpc) is 3.13. The van der Waals surface area contributed by atoms with E-state index in [0.717, 1.165) is 24.4 Å². The van der Waals surface area contributed by atoms with E-state index in [-0.39, 0.29) is 0 Å². The van der Waals surface area contributed by atoms with Gasteiger partial charge >= 0.3 is 5.97 Å². The first-order valence-corrected chi connectivity index (χ1v) is 8.56. The first-order chi connectivity index (χ1) is 10.5. The molecule has 0 amide bonds. The largest absolute Gasteiger partial charge is 0.477 e. The van der Waals surface area contributed by atoms with Crippen LogP contribution in [0, 0.1) is 0 Å². The van der Waals surface area contributed by atoms with Crippen molar-refractivity contribution in [3.63, 3.8) is 0 Å². The summed E-state index contributed by atoms with van der Waals surface area (Å²) in [4.78, 5) is 23.9. The molecule has 1 saturated carbocycles. The molecule has 2 aromatic heterocycles. The second-order valence-electron chi connectivity index (χ2n) is 6.22. The summed E-state index contributed by atoms with van der Waals surface area (Å²) in [5.74, 6) is 0.445. The Morgan fingerprint density at radius 3 is 2.64 bits per heavy atom. The number of aromatic nitrogens is 2. The summed E-state index contributed by atoms with van der Waals surface area (Å²) in [6.45, 7) is 4.25. The zero-order valence-corrected chi connectivity index (χ0v) is 14.0. The van der Waals surface area contributed by atoms with Crippen molar-refractivity contribution in [3.05, 3.63) is 16.6 Å². The lowest BCUT2D eigenvalue weighted by atomic mass is 10.0. The molecule has 22 heavy (non-hydrogen) atoms. The lowest BCUT2D eigenvalue weighted by Gasteiger charge is -2.26. The van der Waals surface area contributed by atoms with Crippen molar-refractivity contribution in [1.29, 1.82) is 0 Å². The molecule has 0 atom stereocenters. The maximum atomic E-state index is 11.2. The predicted octanol–water partition coefficient (Wildman–Crippen LogP) is 3.89. The average molecular weight is 319 g/mol. The van der Waals surface area contributed by atoms with Gasteiger partial charge in [0, 0.05) is 19.0 Å². The number of anilines is 1. The van der Waals surface area contributed by atoms with Crippen molar-refractivity contribution in [3.8, 4) is 0 Å². The van der Waals surface area contributed by atoms with E-state index in [1.165, 1.54) is 24.2 Å². The molecule has 2 aromatic rings. The molecule has 6 heteroatoms. The fourth-order valence-electron chi connectivity index (χ4n) is 2.95. The summed E-state index contributed by atoms with van der Waals surface area (Å²) in [5.41, 5.74) is 1.75. The quantitative estimate of drug-likeness (QED) is 0.926. The molecule has 3 rings (SSSR count). The molecule has 1 aliphatic carbocycles. The van der Waals surface area contributed by atoms with Gasteiger partial charge in [0.25, 0.3) is 0 Å². The van der Waals surface area contributed by atoms with E-state index in [0.29, 0.717) is 27.2 Å². The Kier molecular flexibility index (Phi) is 4.04. The maximum Gasteiger partial charge on any atom is 0.346 e. The number of carboxylic acid groups (broad SMARTS) is 1. The van der Waals surface area contributed by atoms with Gasteiger partial charge in [0.1, 0.15) is 15.2 Å². The minimum Gasteiger partial charge on any atom is -0.477 e. The molecular formula is C16H21N3O2S. The topological polar surface area (TPSA) is 66.3 Å². The molecule has 1 aliphatic rings. The van der Waals surface area contributed by atoms with Gasteiger partial charge in [-0.25, -0.2) is 14.8 Å². The molecule has 2 heterocycles. The van der Waals surface area contributed by atoms with E-state index in [2.05, 4.69) is 18.7 Å². The molecule has 0 radical (unpaired) electrons. The fourth-order valence-corrected chi connectivity index (χ4v) is 3.76. The van der Waals surface area contributed by atoms with Crippen LogP contribution in [0.25, 0.3) is 10.3 Å². The summed E-state index contributed by atoms with van der Waals surface area (Å²) in [7, 11) is 2.03. The van der Waals surface area contributed by atoms with Gasteiger partial charge in [0.05, 0.1) is 5.69 Å². The molecule has 0 spiro atoms. The highest BCUT2D eigenvalue weighted by Crippen LogP contribution is 2.39. The van der Waals surface area contributed by atoms with Crippen LogP contribution in [0.4, 0.5) is 5.82 Å². The van der Waals surface area contributed by atoms with E-state index in [1.54, 1.807) is 6.07 Å². The maximum absolute atomic E-state index is 11.2. The summed E-state index contributed by atoms with van der Waals surface area (Å²) >= 11 is 1.20. The van der Waals surface area contributed by atoms with Crippen LogP contribution in [0.2, 0.25) is 0 Å². The fraction of sp³-hybridized carbons (Fsp3) is 0.562. The van der Waals surface area contributed by atoms with E-state index in [9.17, 15) is 9.90 Å². The van der Waals surface area contributed by atoms with Crippen LogP contribution < -0.4 is 4.90 Å². The van der Waals surface area contributed by atoms with Gasteiger partial charge in [-0.2, -0.15) is 0 Å². The minimum atomic E-state index is -0.911. The summed E-state index contributed by atoms with van der Waals surface area (Å²) < 4.78 is 0. The van der Waals surface area contributed by atoms with E-state index < -0.39 is 5.97 Å². The number of carbonyl (C=O) groups is 1. The monoisotopic (exact) mass is 319 g/mol. The number of hydrogen-bond acceptors (Lipinski definition) is 5. The van der Waals surface area contributed by atoms with Crippen LogP contribution >= 0.6 is 11.3 Å². The van der Waals surface area contributed by atoms with Crippen molar-refractivity contribution in [2.24, 2.45) is 0 Å². The third-order valence-corrected chi connectivity index (χ3v) is 5.44. The number of carboxylic acids is 1. The number of aromatic carboxylic acids is 1. The van der Waals surface area contributed by atoms with Crippen molar-refractivity contribution >= 4 is 33.5 Å². The number of rotatable bonds is 4. The Hall–Kier alpha value is -1.69. The molecule has 0 saturated heterocycles. The van der Waals surface area contributed by atoms with Crippen LogP contribution in [0.1, 0.15) is 60.8 Å². The van der Waals surface area contributed by atoms with E-state index in [1.807, 2.05) is 7.05 Å². The molecule has 1 N–H and O–H groups in total. The third-order valence-electron chi connectivity index (χ3n) is 4.43. The second-order valence-corrected chi connectivity index (χ2v) is 7.26. The Balaban J connectivity index is 2.15. The number of thiophene rings is 1. The van der Waals surface area contributed by atoms with Gasteiger partial charge in [-0.1, -0.05) is 12.8 Å². The summed E-state index contributed by atoms with van der Waals surface area (Å²) in [6.07, 6.45) is 4.77. The smallest absolute Gasteiger partial charge is 0.346 e. The summed E-state index contributed by atoms with van der Waals surface area (Å²) in [6, 6.07) is 1.97. The third kappa shape index (κ3) is 2.67. The summed E-state index contributed by atoms with van der Waals surface area (Å²) in [5, 5.41) is 9.18. The molecule has 0 aromatic carbocycles. The van der Waals surface area contributed by atoms with Gasteiger partial charge < -0.3 is 10.0 Å². The zero-order valence-electron chi connectivity index (χ0n) is 13.2. The Morgan fingerprint density at radius 2 is 2.05 bits per heavy atom. The second kappa shape index (κ2) is 5.83. The van der Waals surface area contributed by atoms with E-state index in [4.69, 9.17) is 9.97 Å². The van der Waals surface area contributed by atoms with Crippen LogP contribution in [-0.4, -0.2) is 34.1 Å². The lowest BCUT2D eigenvalue weighted by Crippen LogP contribution is -2.28. The molecule has 0 bridgehead atoms. The van der Waals surface area contributed by atoms with Crippen LogP contribution in [-0.2, 0) is 0 Å². The molecule has 5 nitrogen and oxygen atoms in total. The van der Waals surface area contributed by atoms with Crippen molar-refractivity contribution < 1.29 is 9.90 Å². The molecular weight excluding hydrogens is 298 g/mol. The SMILES string of the molecule is CC(C)N(C)c1nc2sc(C(=O)O)cc2nc1C1CCCC1. The number of nitrogens with zero attached hydrogens (tertiary/aromatic N) is 3. The molecule has 0 unspecified atom stereocenters. The van der Waals surface area contributed by atoms with Gasteiger partial charge in [-0.15, -0.1) is 11.3 Å². The highest BCUT2D eigenvalue weighted by Gasteiger charge is 2.26. The normalized spacial score (nSPS) is 15.8. The molecule has 0 aliphatic heterocycles. The van der Waals surface area contributed by atoms with Crippen LogP contribution in [0.15, 0.2) is 6.07 Å². The van der Waals surface area contributed by atoms with Gasteiger partial charge in [0.15, 0.2) is 5.82 Å². The Morgan fingerprint density at radius 1 is 1.36 bits per heavy atom. The Labute approximate surface area is 134 Å². The van der Waals surface area contributed by atoms with Crippen molar-refractivity contribution in [1.82, 2.24) is 9.97 Å². The van der Waals surface area contributed by atoms with Crippen LogP contribution in [0.3, 0.4) is 0 Å². The first kappa shape index (κ1) is 15.2. The zero-order chi connectivity index (χ0) is 15.9. The minimum absolute atomic E-state index is 0.303. The lowest BCUT2D eigenvalue weighted by molar-refractivity contribution is 0.0702. The Bertz CT molecular complexity index is 666. The molecule has 118 valence electrons. The number of fused-ring (bicyclic) bond motifs is 1. The first-order valence-electron chi connectivity index (χ1n) is 7.75. The highest BCUT2D eigenvalue weighted by atomic mass is 32.1. The number of hydrogen-bond donors (Lipinski definition) is 1.